The Hall–Kier alpha value is -3.09. The van der Waals surface area contributed by atoms with Crippen LogP contribution in [0.5, 0.6) is 5.75 Å². The number of hydrogen-bond acceptors (Lipinski definition) is 7. The summed E-state index contributed by atoms with van der Waals surface area (Å²) in [6.07, 6.45) is 1.07. The van der Waals surface area contributed by atoms with Gasteiger partial charge in [0.25, 0.3) is 5.69 Å². The number of nitrogens with one attached hydrogen (secondary N) is 1. The zero-order chi connectivity index (χ0) is 27.2. The molecule has 14 heteroatoms. The van der Waals surface area contributed by atoms with E-state index in [-0.39, 0.29) is 29.4 Å². The van der Waals surface area contributed by atoms with Crippen molar-refractivity contribution in [3.05, 3.63) is 62.1 Å². The van der Waals surface area contributed by atoms with E-state index in [2.05, 4.69) is 5.32 Å². The van der Waals surface area contributed by atoms with Gasteiger partial charge in [-0.3, -0.25) is 24.0 Å². The molecule has 0 aliphatic carbocycles. The third kappa shape index (κ3) is 6.99. The Morgan fingerprint density at radius 1 is 1.19 bits per heavy atom. The summed E-state index contributed by atoms with van der Waals surface area (Å²) < 4.78 is 31.4. The summed E-state index contributed by atoms with van der Waals surface area (Å²) >= 11 is 12.3. The standard InChI is InChI=1S/C22H26Cl2N4O7S/c1-5-18(22(30)25-2)26(12-14-6-7-15(23)10-17(14)24)21(29)13-27(36(4,33)34)19-11-16(28(31)32)8-9-20(19)35-3/h6-11,18H,5,12-13H2,1-4H3,(H,25,30). The van der Waals surface area contributed by atoms with Crippen LogP contribution >= 0.6 is 23.2 Å². The molecule has 0 radical (unpaired) electrons. The van der Waals surface area contributed by atoms with Crippen molar-refractivity contribution in [3.8, 4) is 5.75 Å². The van der Waals surface area contributed by atoms with E-state index in [9.17, 15) is 28.1 Å². The molecule has 0 aliphatic rings. The summed E-state index contributed by atoms with van der Waals surface area (Å²) in [6.45, 7) is 0.821. The molecule has 2 aromatic carbocycles. The van der Waals surface area contributed by atoms with Gasteiger partial charge in [-0.15, -0.1) is 0 Å². The van der Waals surface area contributed by atoms with Gasteiger partial charge in [0.1, 0.15) is 24.0 Å². The first-order chi connectivity index (χ1) is 16.8. The molecule has 11 nitrogen and oxygen atoms in total. The van der Waals surface area contributed by atoms with Crippen LogP contribution in [0.15, 0.2) is 36.4 Å². The maximum absolute atomic E-state index is 13.6. The maximum atomic E-state index is 13.6. The second-order valence-corrected chi connectivity index (χ2v) is 10.4. The summed E-state index contributed by atoms with van der Waals surface area (Å²) in [5.74, 6) is -1.20. The van der Waals surface area contributed by atoms with Gasteiger partial charge in [0.2, 0.25) is 21.8 Å². The number of carbonyl (C=O) groups excluding carboxylic acids is 2. The van der Waals surface area contributed by atoms with E-state index in [0.717, 1.165) is 18.4 Å². The van der Waals surface area contributed by atoms with E-state index in [1.165, 1.54) is 31.2 Å². The van der Waals surface area contributed by atoms with Crippen LogP contribution in [-0.2, 0) is 26.2 Å². The highest BCUT2D eigenvalue weighted by molar-refractivity contribution is 7.92. The molecule has 2 amide bonds. The van der Waals surface area contributed by atoms with Crippen LogP contribution in [0, 0.1) is 10.1 Å². The Kier molecular flexibility index (Phi) is 9.91. The predicted molar refractivity (Wildman–Crippen MR) is 137 cm³/mol. The average Bonchev–Trinajstić information content (AvgIpc) is 2.82. The third-order valence-electron chi connectivity index (χ3n) is 5.31. The molecule has 196 valence electrons. The van der Waals surface area contributed by atoms with E-state index >= 15 is 0 Å². The second-order valence-electron chi connectivity index (χ2n) is 7.68. The molecule has 1 N–H and O–H groups in total. The first-order valence-corrected chi connectivity index (χ1v) is 13.2. The van der Waals surface area contributed by atoms with Crippen molar-refractivity contribution in [2.75, 3.05) is 31.3 Å². The van der Waals surface area contributed by atoms with Crippen LogP contribution in [0.4, 0.5) is 11.4 Å². The molecule has 0 bridgehead atoms. The minimum Gasteiger partial charge on any atom is -0.495 e. The maximum Gasteiger partial charge on any atom is 0.271 e. The number of amides is 2. The van der Waals surface area contributed by atoms with Crippen LogP contribution in [0.25, 0.3) is 0 Å². The molecule has 36 heavy (non-hydrogen) atoms. The lowest BCUT2D eigenvalue weighted by atomic mass is 10.1. The molecular formula is C22H26Cl2N4O7S. The fourth-order valence-electron chi connectivity index (χ4n) is 3.50. The zero-order valence-corrected chi connectivity index (χ0v) is 22.4. The number of likely N-dealkylation sites (N-methyl/N-ethyl adjacent to an activating group) is 1. The first-order valence-electron chi connectivity index (χ1n) is 10.6. The molecule has 0 aliphatic heterocycles. The highest BCUT2D eigenvalue weighted by Crippen LogP contribution is 2.34. The van der Waals surface area contributed by atoms with Crippen LogP contribution in [-0.4, -0.2) is 63.1 Å². The Balaban J connectivity index is 2.58. The molecule has 0 fully saturated rings. The number of halogens is 2. The van der Waals surface area contributed by atoms with Gasteiger partial charge in [0.15, 0.2) is 0 Å². The smallest absolute Gasteiger partial charge is 0.271 e. The Bertz CT molecular complexity index is 1260. The van der Waals surface area contributed by atoms with Gasteiger partial charge in [-0.25, -0.2) is 8.42 Å². The van der Waals surface area contributed by atoms with Gasteiger partial charge >= 0.3 is 0 Å². The number of ether oxygens (including phenoxy) is 1. The third-order valence-corrected chi connectivity index (χ3v) is 7.02. The normalized spacial score (nSPS) is 11.9. The Labute approximate surface area is 219 Å². The van der Waals surface area contributed by atoms with Crippen molar-refractivity contribution in [1.29, 1.82) is 0 Å². The highest BCUT2D eigenvalue weighted by atomic mass is 35.5. The lowest BCUT2D eigenvalue weighted by molar-refractivity contribution is -0.384. The number of benzene rings is 2. The number of nitrogens with zero attached hydrogens (tertiary/aromatic N) is 3. The minimum atomic E-state index is -4.13. The molecule has 0 spiro atoms. The molecular weight excluding hydrogens is 535 g/mol. The SMILES string of the molecule is CCC(C(=O)NC)N(Cc1ccc(Cl)cc1Cl)C(=O)CN(c1cc([N+](=O)[O-])ccc1OC)S(C)(=O)=O. The number of hydrogen-bond donors (Lipinski definition) is 1. The molecule has 0 heterocycles. The second kappa shape index (κ2) is 12.2. The lowest BCUT2D eigenvalue weighted by Crippen LogP contribution is -2.51. The van der Waals surface area contributed by atoms with E-state index in [1.807, 2.05) is 0 Å². The van der Waals surface area contributed by atoms with Gasteiger partial charge < -0.3 is 15.0 Å². The number of rotatable bonds is 11. The number of methoxy groups -OCH3 is 1. The van der Waals surface area contributed by atoms with Crippen molar-refractivity contribution in [2.24, 2.45) is 0 Å². The lowest BCUT2D eigenvalue weighted by Gasteiger charge is -2.33. The number of nitro groups is 1. The zero-order valence-electron chi connectivity index (χ0n) is 20.0. The van der Waals surface area contributed by atoms with Crippen LogP contribution < -0.4 is 14.4 Å². The van der Waals surface area contributed by atoms with E-state index < -0.39 is 45.0 Å². The van der Waals surface area contributed by atoms with E-state index in [4.69, 9.17) is 27.9 Å². The molecule has 1 unspecified atom stereocenters. The van der Waals surface area contributed by atoms with Gasteiger partial charge in [0, 0.05) is 35.8 Å². The van der Waals surface area contributed by atoms with Gasteiger partial charge in [-0.1, -0.05) is 36.2 Å². The summed E-state index contributed by atoms with van der Waals surface area (Å²) in [4.78, 5) is 38.0. The van der Waals surface area contributed by atoms with E-state index in [1.54, 1.807) is 19.1 Å². The fraction of sp³-hybridized carbons (Fsp3) is 0.364. The van der Waals surface area contributed by atoms with Crippen molar-refractivity contribution in [3.63, 3.8) is 0 Å². The molecule has 0 saturated heterocycles. The molecule has 0 aromatic heterocycles. The summed E-state index contributed by atoms with van der Waals surface area (Å²) in [6, 6.07) is 7.09. The van der Waals surface area contributed by atoms with Crippen LogP contribution in [0.2, 0.25) is 10.0 Å². The van der Waals surface area contributed by atoms with Gasteiger partial charge in [0.05, 0.1) is 18.3 Å². The summed E-state index contributed by atoms with van der Waals surface area (Å²) in [5.41, 5.74) is -0.107. The Morgan fingerprint density at radius 2 is 1.86 bits per heavy atom. The molecule has 0 saturated carbocycles. The van der Waals surface area contributed by atoms with Gasteiger partial charge in [-0.05, 0) is 30.2 Å². The molecule has 2 aromatic rings. The van der Waals surface area contributed by atoms with Crippen molar-refractivity contribution in [1.82, 2.24) is 10.2 Å². The quantitative estimate of drug-likeness (QED) is 0.328. The average molecular weight is 561 g/mol. The number of nitro benzene ring substituents is 1. The predicted octanol–water partition coefficient (Wildman–Crippen LogP) is 3.23. The molecule has 2 rings (SSSR count). The van der Waals surface area contributed by atoms with Crippen molar-refractivity contribution < 1.29 is 27.7 Å². The minimum absolute atomic E-state index is 0.00413. The number of carbonyl (C=O) groups is 2. The monoisotopic (exact) mass is 560 g/mol. The summed E-state index contributed by atoms with van der Waals surface area (Å²) in [7, 11) is -1.45. The Morgan fingerprint density at radius 3 is 2.36 bits per heavy atom. The topological polar surface area (TPSA) is 139 Å². The highest BCUT2D eigenvalue weighted by Gasteiger charge is 2.33. The fourth-order valence-corrected chi connectivity index (χ4v) is 4.81. The van der Waals surface area contributed by atoms with Crippen molar-refractivity contribution >= 4 is 56.4 Å². The van der Waals surface area contributed by atoms with Crippen LogP contribution in [0.1, 0.15) is 18.9 Å². The largest absolute Gasteiger partial charge is 0.495 e. The first kappa shape index (κ1) is 29.1. The van der Waals surface area contributed by atoms with Crippen molar-refractivity contribution in [2.45, 2.75) is 25.9 Å². The van der Waals surface area contributed by atoms with Gasteiger partial charge in [-0.2, -0.15) is 0 Å². The van der Waals surface area contributed by atoms with Crippen LogP contribution in [0.3, 0.4) is 0 Å². The number of anilines is 1. The molecule has 1 atom stereocenters. The number of non-ortho nitro benzene ring substituents is 1. The van der Waals surface area contributed by atoms with E-state index in [0.29, 0.717) is 14.9 Å². The summed E-state index contributed by atoms with van der Waals surface area (Å²) in [5, 5.41) is 14.4. The number of sulfonamides is 1.